The van der Waals surface area contributed by atoms with E-state index >= 15 is 0 Å². The Morgan fingerprint density at radius 1 is 0.636 bits per heavy atom. The molecule has 2 aromatic carbocycles. The van der Waals surface area contributed by atoms with Crippen molar-refractivity contribution in [2.45, 2.75) is 27.7 Å². The Kier molecular flexibility index (Phi) is 14.0. The molecule has 0 aliphatic heterocycles. The van der Waals surface area contributed by atoms with Crippen LogP contribution in [0, 0.1) is 50.7 Å². The summed E-state index contributed by atoms with van der Waals surface area (Å²) in [6.45, 7) is 8.42. The summed E-state index contributed by atoms with van der Waals surface area (Å²) in [4.78, 5) is 0. The molecular weight excluding hydrogens is 276 g/mol. The molecule has 0 amide bonds. The van der Waals surface area contributed by atoms with Crippen molar-refractivity contribution in [1.82, 2.24) is 0 Å². The van der Waals surface area contributed by atoms with Gasteiger partial charge in [0.25, 0.3) is 12.5 Å². The third kappa shape index (κ3) is 15.1. The van der Waals surface area contributed by atoms with Gasteiger partial charge in [-0.1, -0.05) is 70.8 Å². The summed E-state index contributed by atoms with van der Waals surface area (Å²) in [5, 5.41) is 27.5. The van der Waals surface area contributed by atoms with Gasteiger partial charge in [-0.3, -0.25) is 0 Å². The maximum absolute atomic E-state index is 6.88. The van der Waals surface area contributed by atoms with E-state index in [4.69, 9.17) is 20.7 Å². The van der Waals surface area contributed by atoms with Gasteiger partial charge in [0.2, 0.25) is 0 Å². The second kappa shape index (κ2) is 14.4. The predicted molar refractivity (Wildman–Crippen MR) is 86.9 cm³/mol. The van der Waals surface area contributed by atoms with E-state index in [9.17, 15) is 0 Å². The summed E-state index contributed by atoms with van der Waals surface area (Å²) >= 11 is 0. The molecule has 0 saturated carbocycles. The van der Waals surface area contributed by atoms with Gasteiger partial charge in [0, 0.05) is 0 Å². The van der Waals surface area contributed by atoms with Gasteiger partial charge in [-0.25, -0.2) is 0 Å². The Bertz CT molecular complexity index is 521. The van der Waals surface area contributed by atoms with Gasteiger partial charge in [-0.15, -0.1) is 0 Å². The molecule has 0 atom stereocenters. The van der Waals surface area contributed by atoms with Gasteiger partial charge in [0.15, 0.2) is 0 Å². The molecule has 0 aromatic heterocycles. The fraction of sp³-hybridized carbons (Fsp3) is 0.222. The summed E-state index contributed by atoms with van der Waals surface area (Å²) in [6.07, 6.45) is 1.50. The van der Waals surface area contributed by atoms with Gasteiger partial charge in [0.1, 0.15) is 0 Å². The van der Waals surface area contributed by atoms with Crippen molar-refractivity contribution >= 4 is 0 Å². The van der Waals surface area contributed by atoms with E-state index < -0.39 is 0 Å². The molecule has 0 aliphatic carbocycles. The number of aliphatic hydroxyl groups excluding tert-OH is 2. The highest BCUT2D eigenvalue weighted by molar-refractivity contribution is 5.20. The highest BCUT2D eigenvalue weighted by Gasteiger charge is 1.81. The largest absolute Gasteiger partial charge is 0.443 e. The second-order valence-corrected chi connectivity index (χ2v) is 4.52. The van der Waals surface area contributed by atoms with E-state index in [0.29, 0.717) is 0 Å². The molecule has 0 saturated heterocycles. The van der Waals surface area contributed by atoms with Gasteiger partial charge < -0.3 is 10.2 Å². The van der Waals surface area contributed by atoms with E-state index in [1.807, 2.05) is 0 Å². The van der Waals surface area contributed by atoms with E-state index in [1.165, 1.54) is 22.3 Å². The molecule has 22 heavy (non-hydrogen) atoms. The van der Waals surface area contributed by atoms with Crippen LogP contribution in [0.4, 0.5) is 0 Å². The molecule has 0 heterocycles. The first kappa shape index (κ1) is 21.3. The molecule has 2 N–H and O–H groups in total. The van der Waals surface area contributed by atoms with E-state index in [0.717, 1.165) is 12.5 Å². The smallest absolute Gasteiger partial charge is 0.283 e. The van der Waals surface area contributed by atoms with E-state index in [2.05, 4.69) is 76.2 Å². The molecule has 0 radical (unpaired) electrons. The van der Waals surface area contributed by atoms with E-state index in [-0.39, 0.29) is 0 Å². The van der Waals surface area contributed by atoms with Gasteiger partial charge in [0.05, 0.1) is 0 Å². The van der Waals surface area contributed by atoms with Crippen LogP contribution >= 0.6 is 0 Å². The monoisotopic (exact) mass is 298 g/mol. The van der Waals surface area contributed by atoms with Crippen LogP contribution in [0.1, 0.15) is 22.3 Å². The Morgan fingerprint density at radius 2 is 0.818 bits per heavy atom. The Hall–Kier alpha value is -2.98. The van der Waals surface area contributed by atoms with Crippen LogP contribution < -0.4 is 0 Å². The summed E-state index contributed by atoms with van der Waals surface area (Å²) in [5.74, 6) is 0. The maximum atomic E-state index is 6.88. The van der Waals surface area contributed by atoms with Crippen LogP contribution in [0.25, 0.3) is 0 Å². The fourth-order valence-electron chi connectivity index (χ4n) is 1.61. The molecule has 2 rings (SSSR count). The Balaban J connectivity index is 0. The number of nitrogens with zero attached hydrogens (tertiary/aromatic N) is 2. The normalized spacial score (nSPS) is 7.36. The average molecular weight is 298 g/mol. The third-order valence-corrected chi connectivity index (χ3v) is 2.35. The lowest BCUT2D eigenvalue weighted by molar-refractivity contribution is 0.502. The summed E-state index contributed by atoms with van der Waals surface area (Å²) < 4.78 is 0. The zero-order valence-corrected chi connectivity index (χ0v) is 13.4. The summed E-state index contributed by atoms with van der Waals surface area (Å²) in [7, 11) is 0. The van der Waals surface area contributed by atoms with Crippen LogP contribution in [-0.2, 0) is 0 Å². The first-order chi connectivity index (χ1) is 10.4. The fourth-order valence-corrected chi connectivity index (χ4v) is 1.61. The molecular formula is C18H22N2O2. The van der Waals surface area contributed by atoms with Crippen molar-refractivity contribution in [2.75, 3.05) is 0 Å². The summed E-state index contributed by atoms with van der Waals surface area (Å²) in [6, 6.07) is 16.9. The molecule has 0 spiro atoms. The molecule has 0 unspecified atom stereocenters. The molecule has 116 valence electrons. The minimum atomic E-state index is 0.750. The minimum absolute atomic E-state index is 0.750. The molecule has 0 aliphatic rings. The van der Waals surface area contributed by atoms with Crippen LogP contribution in [0.5, 0.6) is 0 Å². The van der Waals surface area contributed by atoms with Crippen molar-refractivity contribution in [2.24, 2.45) is 0 Å². The summed E-state index contributed by atoms with van der Waals surface area (Å²) in [5.41, 5.74) is 5.35. The van der Waals surface area contributed by atoms with Crippen molar-refractivity contribution in [3.8, 4) is 12.5 Å². The minimum Gasteiger partial charge on any atom is -0.443 e. The van der Waals surface area contributed by atoms with Crippen LogP contribution in [-0.4, -0.2) is 10.2 Å². The lowest BCUT2D eigenvalue weighted by atomic mass is 10.2. The highest BCUT2D eigenvalue weighted by Crippen LogP contribution is 2.00. The Labute approximate surface area is 132 Å². The van der Waals surface area contributed by atoms with Crippen molar-refractivity contribution in [3.63, 3.8) is 0 Å². The Morgan fingerprint density at radius 3 is 0.909 bits per heavy atom. The van der Waals surface area contributed by atoms with Gasteiger partial charge in [-0.05, 0) is 27.7 Å². The predicted octanol–water partition coefficient (Wildman–Crippen LogP) is 4.29. The SMILES string of the molecule is Cc1cccc(C)c1.Cc1cccc(C)c1.N#CO.N#CO. The molecule has 0 fully saturated rings. The van der Waals surface area contributed by atoms with Crippen LogP contribution in [0.3, 0.4) is 0 Å². The first-order valence-electron chi connectivity index (χ1n) is 6.54. The van der Waals surface area contributed by atoms with Crippen molar-refractivity contribution < 1.29 is 10.2 Å². The number of nitriles is 2. The number of hydrogen-bond acceptors (Lipinski definition) is 4. The average Bonchev–Trinajstić information content (AvgIpc) is 2.40. The lowest BCUT2D eigenvalue weighted by Crippen LogP contribution is -1.71. The lowest BCUT2D eigenvalue weighted by Gasteiger charge is -1.90. The number of aryl methyl sites for hydroxylation is 4. The zero-order valence-electron chi connectivity index (χ0n) is 13.4. The molecule has 0 bridgehead atoms. The van der Waals surface area contributed by atoms with Crippen molar-refractivity contribution in [3.05, 3.63) is 70.8 Å². The highest BCUT2D eigenvalue weighted by atomic mass is 16.2. The number of rotatable bonds is 0. The van der Waals surface area contributed by atoms with Crippen molar-refractivity contribution in [1.29, 1.82) is 10.5 Å². The van der Waals surface area contributed by atoms with Gasteiger partial charge in [-0.2, -0.15) is 10.5 Å². The van der Waals surface area contributed by atoms with Crippen LogP contribution in [0.2, 0.25) is 0 Å². The maximum Gasteiger partial charge on any atom is 0.283 e. The number of aliphatic hydroxyl groups is 2. The topological polar surface area (TPSA) is 88.0 Å². The molecule has 4 heteroatoms. The first-order valence-corrected chi connectivity index (χ1v) is 6.54. The number of benzene rings is 2. The quantitative estimate of drug-likeness (QED) is 0.710. The zero-order chi connectivity index (χ0) is 17.4. The molecule has 4 nitrogen and oxygen atoms in total. The van der Waals surface area contributed by atoms with Gasteiger partial charge >= 0.3 is 0 Å². The molecule has 2 aromatic rings. The standard InChI is InChI=1S/2C8H10.2CHNO/c2*1-7-4-3-5-8(2)6-7;2*2-1-3/h2*3-6H,1-2H3;2*3H. The number of hydrogen-bond donors (Lipinski definition) is 2. The third-order valence-electron chi connectivity index (χ3n) is 2.35. The second-order valence-electron chi connectivity index (χ2n) is 4.52. The van der Waals surface area contributed by atoms with Crippen LogP contribution in [0.15, 0.2) is 48.5 Å². The van der Waals surface area contributed by atoms with E-state index in [1.54, 1.807) is 0 Å².